The van der Waals surface area contributed by atoms with E-state index >= 15 is 0 Å². The Hall–Kier alpha value is -1.32. The third-order valence-corrected chi connectivity index (χ3v) is 4.21. The van der Waals surface area contributed by atoms with Gasteiger partial charge in [-0.2, -0.15) is 5.10 Å². The van der Waals surface area contributed by atoms with Crippen LogP contribution in [0.3, 0.4) is 0 Å². The molecule has 8 heteroatoms. The zero-order valence-corrected chi connectivity index (χ0v) is 17.7. The lowest BCUT2D eigenvalue weighted by Crippen LogP contribution is -2.45. The third kappa shape index (κ3) is 4.40. The van der Waals surface area contributed by atoms with Crippen molar-refractivity contribution >= 4 is 35.8 Å². The fourth-order valence-corrected chi connectivity index (χ4v) is 3.30. The molecule has 2 heterocycles. The minimum Gasteiger partial charge on any atom is -0.359 e. The summed E-state index contributed by atoms with van der Waals surface area (Å²) in [5, 5.41) is 10.6. The Morgan fingerprint density at radius 1 is 1.46 bits per heavy atom. The summed E-state index contributed by atoms with van der Waals surface area (Å²) in [6.07, 6.45) is 4.40. The van der Waals surface area contributed by atoms with Crippen LogP contribution in [0.2, 0.25) is 0 Å². The molecule has 1 aliphatic heterocycles. The number of hydrogen-bond acceptors (Lipinski definition) is 3. The monoisotopic (exact) mass is 448 g/mol. The molecule has 1 aromatic heterocycles. The van der Waals surface area contributed by atoms with Crippen LogP contribution in [0, 0.1) is 5.92 Å². The molecule has 24 heavy (non-hydrogen) atoms. The number of halogens is 1. The van der Waals surface area contributed by atoms with Gasteiger partial charge in [0, 0.05) is 57.3 Å². The first-order valence-corrected chi connectivity index (χ1v) is 7.97. The molecule has 0 unspecified atom stereocenters. The number of rotatable bonds is 3. The Morgan fingerprint density at radius 3 is 2.58 bits per heavy atom. The van der Waals surface area contributed by atoms with Crippen LogP contribution in [0.1, 0.15) is 38.8 Å². The van der Waals surface area contributed by atoms with Crippen molar-refractivity contribution in [1.29, 1.82) is 0 Å². The highest BCUT2D eigenvalue weighted by Crippen LogP contribution is 2.41. The van der Waals surface area contributed by atoms with E-state index in [4.69, 9.17) is 0 Å². The number of aliphatic imine (C=N–C) groups is 1. The Morgan fingerprint density at radius 2 is 2.12 bits per heavy atom. The molecule has 2 atom stereocenters. The summed E-state index contributed by atoms with van der Waals surface area (Å²) >= 11 is 0. The Bertz CT molecular complexity index is 592. The summed E-state index contributed by atoms with van der Waals surface area (Å²) in [6, 6.07) is 0.0265. The Kier molecular flexibility index (Phi) is 7.06. The molecule has 0 aliphatic carbocycles. The van der Waals surface area contributed by atoms with Gasteiger partial charge in [0.25, 0.3) is 0 Å². The van der Waals surface area contributed by atoms with Gasteiger partial charge in [0.1, 0.15) is 0 Å². The van der Waals surface area contributed by atoms with Crippen LogP contribution in [-0.4, -0.2) is 52.7 Å². The number of amides is 1. The summed E-state index contributed by atoms with van der Waals surface area (Å²) in [5.41, 5.74) is 0.858. The second-order valence-electron chi connectivity index (χ2n) is 6.99. The largest absolute Gasteiger partial charge is 0.359 e. The van der Waals surface area contributed by atoms with Gasteiger partial charge < -0.3 is 15.5 Å². The molecule has 0 spiro atoms. The maximum absolute atomic E-state index is 12.6. The van der Waals surface area contributed by atoms with Gasteiger partial charge in [-0.05, 0) is 20.8 Å². The van der Waals surface area contributed by atoms with E-state index in [0.29, 0.717) is 13.0 Å². The number of aromatic nitrogens is 2. The van der Waals surface area contributed by atoms with Crippen LogP contribution in [0.5, 0.6) is 0 Å². The molecule has 0 saturated carbocycles. The molecule has 2 N–H and O–H groups in total. The number of hydrogen-bond donors (Lipinski definition) is 2. The average molecular weight is 448 g/mol. The number of aryl methyl sites for hydroxylation is 1. The topological polar surface area (TPSA) is 74.6 Å². The predicted molar refractivity (Wildman–Crippen MR) is 106 cm³/mol. The zero-order chi connectivity index (χ0) is 17.2. The number of carbonyl (C=O) groups is 1. The van der Waals surface area contributed by atoms with Crippen molar-refractivity contribution in [3.8, 4) is 0 Å². The van der Waals surface area contributed by atoms with Gasteiger partial charge in [-0.25, -0.2) is 0 Å². The van der Waals surface area contributed by atoms with E-state index in [2.05, 4.69) is 41.5 Å². The van der Waals surface area contributed by atoms with Gasteiger partial charge in [0.15, 0.2) is 5.96 Å². The number of nitrogens with one attached hydrogen (secondary N) is 2. The smallest absolute Gasteiger partial charge is 0.223 e. The van der Waals surface area contributed by atoms with E-state index in [9.17, 15) is 4.79 Å². The van der Waals surface area contributed by atoms with Crippen molar-refractivity contribution in [3.05, 3.63) is 18.0 Å². The molecular formula is C16H29IN6O. The summed E-state index contributed by atoms with van der Waals surface area (Å²) in [6.45, 7) is 6.93. The SMILES string of the molecule is CN=C(NC)NC[C@@H]1CC(=O)N(C(C)(C)C)[C@H]1c1cnn(C)c1.I. The maximum atomic E-state index is 12.6. The third-order valence-electron chi connectivity index (χ3n) is 4.21. The van der Waals surface area contributed by atoms with E-state index in [0.717, 1.165) is 11.5 Å². The van der Waals surface area contributed by atoms with Gasteiger partial charge in [-0.3, -0.25) is 14.5 Å². The van der Waals surface area contributed by atoms with Gasteiger partial charge in [0.05, 0.1) is 12.2 Å². The van der Waals surface area contributed by atoms with Crippen LogP contribution < -0.4 is 10.6 Å². The van der Waals surface area contributed by atoms with E-state index in [-0.39, 0.29) is 47.4 Å². The highest BCUT2D eigenvalue weighted by atomic mass is 127. The molecule has 136 valence electrons. The normalized spacial score (nSPS) is 21.7. The van der Waals surface area contributed by atoms with Crippen LogP contribution in [-0.2, 0) is 11.8 Å². The fourth-order valence-electron chi connectivity index (χ4n) is 3.30. The van der Waals surface area contributed by atoms with Gasteiger partial charge in [-0.15, -0.1) is 24.0 Å². The average Bonchev–Trinajstić information content (AvgIpc) is 3.02. The zero-order valence-electron chi connectivity index (χ0n) is 15.3. The molecular weight excluding hydrogens is 419 g/mol. The van der Waals surface area contributed by atoms with Crippen molar-refractivity contribution < 1.29 is 4.79 Å². The first-order valence-electron chi connectivity index (χ1n) is 7.97. The second kappa shape index (κ2) is 8.17. The van der Waals surface area contributed by atoms with Crippen LogP contribution in [0.15, 0.2) is 17.4 Å². The van der Waals surface area contributed by atoms with Crippen molar-refractivity contribution in [2.45, 2.75) is 38.8 Å². The molecule has 1 aromatic rings. The lowest BCUT2D eigenvalue weighted by atomic mass is 9.93. The van der Waals surface area contributed by atoms with Crippen LogP contribution in [0.25, 0.3) is 0 Å². The van der Waals surface area contributed by atoms with E-state index < -0.39 is 0 Å². The van der Waals surface area contributed by atoms with Crippen LogP contribution in [0.4, 0.5) is 0 Å². The van der Waals surface area contributed by atoms with Crippen molar-refractivity contribution in [2.75, 3.05) is 20.6 Å². The molecule has 7 nitrogen and oxygen atoms in total. The predicted octanol–water partition coefficient (Wildman–Crippen LogP) is 1.52. The van der Waals surface area contributed by atoms with Crippen molar-refractivity contribution in [2.24, 2.45) is 18.0 Å². The molecule has 2 rings (SSSR count). The van der Waals surface area contributed by atoms with Crippen molar-refractivity contribution in [3.63, 3.8) is 0 Å². The van der Waals surface area contributed by atoms with E-state index in [1.165, 1.54) is 0 Å². The minimum atomic E-state index is -0.225. The van der Waals surface area contributed by atoms with Gasteiger partial charge in [0.2, 0.25) is 5.91 Å². The standard InChI is InChI=1S/C16H28N6O.HI/c1-16(2,3)22-13(23)7-11(8-19-15(17-4)18-5)14(22)12-9-20-21(6)10-12;/h9-11,14H,7-8H2,1-6H3,(H2,17,18,19);1H/t11-,14+;/m0./s1. The summed E-state index contributed by atoms with van der Waals surface area (Å²) in [7, 11) is 5.46. The van der Waals surface area contributed by atoms with Gasteiger partial charge >= 0.3 is 0 Å². The summed E-state index contributed by atoms with van der Waals surface area (Å²) < 4.78 is 1.79. The number of likely N-dealkylation sites (tertiary alicyclic amines) is 1. The quantitative estimate of drug-likeness (QED) is 0.418. The highest BCUT2D eigenvalue weighted by molar-refractivity contribution is 14.0. The molecule has 1 amide bonds. The fraction of sp³-hybridized carbons (Fsp3) is 0.688. The maximum Gasteiger partial charge on any atom is 0.223 e. The lowest BCUT2D eigenvalue weighted by Gasteiger charge is -2.38. The second-order valence-corrected chi connectivity index (χ2v) is 6.99. The molecule has 1 aliphatic rings. The number of carbonyl (C=O) groups excluding carboxylic acids is 1. The van der Waals surface area contributed by atoms with Crippen LogP contribution >= 0.6 is 24.0 Å². The van der Waals surface area contributed by atoms with Crippen molar-refractivity contribution in [1.82, 2.24) is 25.3 Å². The Balaban J connectivity index is 0.00000288. The molecule has 0 bridgehead atoms. The lowest BCUT2D eigenvalue weighted by molar-refractivity contribution is -0.133. The highest BCUT2D eigenvalue weighted by Gasteiger charge is 2.45. The molecule has 0 aromatic carbocycles. The number of nitrogens with zero attached hydrogens (tertiary/aromatic N) is 4. The number of guanidine groups is 1. The first-order chi connectivity index (χ1) is 10.8. The molecule has 1 saturated heterocycles. The van der Waals surface area contributed by atoms with Gasteiger partial charge in [-0.1, -0.05) is 0 Å². The Labute approximate surface area is 161 Å². The first kappa shape index (κ1) is 20.7. The minimum absolute atomic E-state index is 0. The summed E-state index contributed by atoms with van der Waals surface area (Å²) in [4.78, 5) is 18.8. The van der Waals surface area contributed by atoms with E-state index in [1.807, 2.05) is 31.4 Å². The molecule has 0 radical (unpaired) electrons. The van der Waals surface area contributed by atoms with E-state index in [1.54, 1.807) is 11.7 Å². The molecule has 1 fully saturated rings. The summed E-state index contributed by atoms with van der Waals surface area (Å²) in [5.74, 6) is 1.10.